The number of rotatable bonds is 5. The normalized spacial score (nSPS) is 12.6. The van der Waals surface area contributed by atoms with Crippen molar-refractivity contribution in [2.75, 3.05) is 0 Å². The summed E-state index contributed by atoms with van der Waals surface area (Å²) >= 11 is 0. The average Bonchev–Trinajstić information content (AvgIpc) is 2.73. The number of fused-ring (bicyclic) bond motifs is 1. The van der Waals surface area contributed by atoms with Gasteiger partial charge in [0.25, 0.3) is 0 Å². The number of halogens is 1. The summed E-state index contributed by atoms with van der Waals surface area (Å²) in [5, 5.41) is 3.48. The molecule has 0 saturated carbocycles. The molecule has 0 aliphatic carbocycles. The quantitative estimate of drug-likeness (QED) is 0.883. The van der Waals surface area contributed by atoms with Gasteiger partial charge in [0, 0.05) is 10.9 Å². The van der Waals surface area contributed by atoms with Crippen LogP contribution in [0.15, 0.2) is 22.6 Å². The predicted molar refractivity (Wildman–Crippen MR) is 75.6 cm³/mol. The Labute approximate surface area is 117 Å². The minimum Gasteiger partial charge on any atom is -0.459 e. The molecule has 0 aliphatic rings. The fourth-order valence-corrected chi connectivity index (χ4v) is 2.15. The number of carbonyl (C=O) groups is 1. The third-order valence-electron chi connectivity index (χ3n) is 3.36. The van der Waals surface area contributed by atoms with E-state index in [2.05, 4.69) is 5.32 Å². The van der Waals surface area contributed by atoms with Crippen LogP contribution < -0.4 is 11.1 Å². The lowest BCUT2D eigenvalue weighted by molar-refractivity contribution is -0.122. The van der Waals surface area contributed by atoms with Crippen LogP contribution in [-0.4, -0.2) is 11.9 Å². The summed E-state index contributed by atoms with van der Waals surface area (Å²) in [6.45, 7) is 4.09. The Kier molecular flexibility index (Phi) is 4.39. The Morgan fingerprint density at radius 3 is 2.95 bits per heavy atom. The van der Waals surface area contributed by atoms with Crippen LogP contribution in [0.2, 0.25) is 0 Å². The Balaban J connectivity index is 2.10. The third-order valence-corrected chi connectivity index (χ3v) is 3.36. The van der Waals surface area contributed by atoms with E-state index < -0.39 is 6.04 Å². The van der Waals surface area contributed by atoms with Gasteiger partial charge >= 0.3 is 0 Å². The van der Waals surface area contributed by atoms with E-state index in [9.17, 15) is 9.18 Å². The Morgan fingerprint density at radius 1 is 1.50 bits per heavy atom. The van der Waals surface area contributed by atoms with Crippen molar-refractivity contribution >= 4 is 16.9 Å². The molecule has 20 heavy (non-hydrogen) atoms. The minimum absolute atomic E-state index is 0.196. The van der Waals surface area contributed by atoms with Crippen molar-refractivity contribution in [1.29, 1.82) is 0 Å². The zero-order valence-corrected chi connectivity index (χ0v) is 11.7. The minimum atomic E-state index is -0.498. The van der Waals surface area contributed by atoms with Crippen molar-refractivity contribution in [3.63, 3.8) is 0 Å². The molecule has 1 atom stereocenters. The molecular formula is C15H19FN2O2. The zero-order chi connectivity index (χ0) is 14.7. The second kappa shape index (κ2) is 6.05. The molecule has 0 spiro atoms. The summed E-state index contributed by atoms with van der Waals surface area (Å²) in [5.41, 5.74) is 7.19. The standard InChI is InChI=1S/C15H19FN2O2/c1-3-4-12(17)15(19)18-8-14-9(2)11-7-10(16)5-6-13(11)20-14/h5-7,12H,3-4,8,17H2,1-2H3,(H,18,19). The van der Waals surface area contributed by atoms with Gasteiger partial charge in [-0.3, -0.25) is 4.79 Å². The van der Waals surface area contributed by atoms with Crippen LogP contribution in [0.3, 0.4) is 0 Å². The molecule has 2 rings (SSSR count). The van der Waals surface area contributed by atoms with Crippen LogP contribution in [0, 0.1) is 12.7 Å². The van der Waals surface area contributed by atoms with Gasteiger partial charge in [0.15, 0.2) is 0 Å². The molecule has 1 heterocycles. The highest BCUT2D eigenvalue weighted by molar-refractivity contribution is 5.83. The van der Waals surface area contributed by atoms with Crippen LogP contribution in [0.25, 0.3) is 11.0 Å². The molecule has 4 nitrogen and oxygen atoms in total. The lowest BCUT2D eigenvalue weighted by atomic mass is 10.1. The molecular weight excluding hydrogens is 259 g/mol. The van der Waals surface area contributed by atoms with Crippen LogP contribution in [0.5, 0.6) is 0 Å². The first-order chi connectivity index (χ1) is 9.52. The number of benzene rings is 1. The molecule has 0 radical (unpaired) electrons. The molecule has 1 unspecified atom stereocenters. The monoisotopic (exact) mass is 278 g/mol. The smallest absolute Gasteiger partial charge is 0.237 e. The maximum atomic E-state index is 13.2. The maximum absolute atomic E-state index is 13.2. The van der Waals surface area contributed by atoms with Gasteiger partial charge in [-0.2, -0.15) is 0 Å². The molecule has 1 amide bonds. The highest BCUT2D eigenvalue weighted by atomic mass is 19.1. The van der Waals surface area contributed by atoms with Crippen LogP contribution in [0.1, 0.15) is 31.1 Å². The van der Waals surface area contributed by atoms with Gasteiger partial charge in [0.05, 0.1) is 12.6 Å². The molecule has 5 heteroatoms. The number of carbonyl (C=O) groups excluding carboxylic acids is 1. The van der Waals surface area contributed by atoms with E-state index in [0.29, 0.717) is 17.8 Å². The summed E-state index contributed by atoms with van der Waals surface area (Å²) in [6.07, 6.45) is 1.51. The predicted octanol–water partition coefficient (Wildman–Crippen LogP) is 2.62. The second-order valence-electron chi connectivity index (χ2n) is 4.90. The van der Waals surface area contributed by atoms with Gasteiger partial charge < -0.3 is 15.5 Å². The first-order valence-corrected chi connectivity index (χ1v) is 6.73. The van der Waals surface area contributed by atoms with E-state index in [1.807, 2.05) is 13.8 Å². The average molecular weight is 278 g/mol. The number of hydrogen-bond donors (Lipinski definition) is 2. The zero-order valence-electron chi connectivity index (χ0n) is 11.7. The highest BCUT2D eigenvalue weighted by Crippen LogP contribution is 2.25. The molecule has 108 valence electrons. The van der Waals surface area contributed by atoms with E-state index in [0.717, 1.165) is 17.4 Å². The van der Waals surface area contributed by atoms with Gasteiger partial charge in [0.2, 0.25) is 5.91 Å². The van der Waals surface area contributed by atoms with Crippen molar-refractivity contribution in [2.24, 2.45) is 5.73 Å². The Hall–Kier alpha value is -1.88. The summed E-state index contributed by atoms with van der Waals surface area (Å²) in [5.74, 6) is 0.127. The Bertz CT molecular complexity index is 622. The summed E-state index contributed by atoms with van der Waals surface area (Å²) in [4.78, 5) is 11.7. The topological polar surface area (TPSA) is 68.3 Å². The number of nitrogens with two attached hydrogens (primary N) is 1. The summed E-state index contributed by atoms with van der Waals surface area (Å²) in [6, 6.07) is 3.88. The molecule has 0 bridgehead atoms. The number of furan rings is 1. The van der Waals surface area contributed by atoms with Crippen LogP contribution >= 0.6 is 0 Å². The van der Waals surface area contributed by atoms with E-state index in [4.69, 9.17) is 10.2 Å². The van der Waals surface area contributed by atoms with Gasteiger partial charge in [0.1, 0.15) is 17.2 Å². The fraction of sp³-hybridized carbons (Fsp3) is 0.400. The van der Waals surface area contributed by atoms with E-state index in [1.165, 1.54) is 12.1 Å². The lowest BCUT2D eigenvalue weighted by Crippen LogP contribution is -2.40. The van der Waals surface area contributed by atoms with E-state index >= 15 is 0 Å². The van der Waals surface area contributed by atoms with Crippen molar-refractivity contribution in [3.8, 4) is 0 Å². The molecule has 0 saturated heterocycles. The third kappa shape index (κ3) is 2.99. The largest absolute Gasteiger partial charge is 0.459 e. The van der Waals surface area contributed by atoms with Gasteiger partial charge in [-0.05, 0) is 31.5 Å². The Morgan fingerprint density at radius 2 is 2.25 bits per heavy atom. The van der Waals surface area contributed by atoms with Crippen molar-refractivity contribution in [3.05, 3.63) is 35.3 Å². The molecule has 0 aliphatic heterocycles. The second-order valence-corrected chi connectivity index (χ2v) is 4.90. The number of nitrogens with one attached hydrogen (secondary N) is 1. The fourth-order valence-electron chi connectivity index (χ4n) is 2.15. The van der Waals surface area contributed by atoms with Crippen molar-refractivity contribution in [2.45, 2.75) is 39.3 Å². The lowest BCUT2D eigenvalue weighted by Gasteiger charge is -2.10. The van der Waals surface area contributed by atoms with Gasteiger partial charge in [-0.25, -0.2) is 4.39 Å². The van der Waals surface area contributed by atoms with Crippen molar-refractivity contribution in [1.82, 2.24) is 5.32 Å². The summed E-state index contributed by atoms with van der Waals surface area (Å²) in [7, 11) is 0. The SMILES string of the molecule is CCCC(N)C(=O)NCc1oc2ccc(F)cc2c1C. The summed E-state index contributed by atoms with van der Waals surface area (Å²) < 4.78 is 18.8. The van der Waals surface area contributed by atoms with Gasteiger partial charge in [-0.1, -0.05) is 13.3 Å². The molecule has 1 aromatic heterocycles. The molecule has 1 aromatic carbocycles. The first-order valence-electron chi connectivity index (χ1n) is 6.73. The van der Waals surface area contributed by atoms with E-state index in [-0.39, 0.29) is 18.3 Å². The molecule has 3 N–H and O–H groups in total. The number of hydrogen-bond acceptors (Lipinski definition) is 3. The van der Waals surface area contributed by atoms with E-state index in [1.54, 1.807) is 6.07 Å². The van der Waals surface area contributed by atoms with Crippen LogP contribution in [0.4, 0.5) is 4.39 Å². The molecule has 2 aromatic rings. The number of amides is 1. The molecule has 0 fully saturated rings. The maximum Gasteiger partial charge on any atom is 0.237 e. The first kappa shape index (κ1) is 14.5. The number of aryl methyl sites for hydroxylation is 1. The van der Waals surface area contributed by atoms with Crippen LogP contribution in [-0.2, 0) is 11.3 Å². The van der Waals surface area contributed by atoms with Crippen molar-refractivity contribution < 1.29 is 13.6 Å². The van der Waals surface area contributed by atoms with Gasteiger partial charge in [-0.15, -0.1) is 0 Å². The highest BCUT2D eigenvalue weighted by Gasteiger charge is 2.15.